The third kappa shape index (κ3) is 5.82. The summed E-state index contributed by atoms with van der Waals surface area (Å²) < 4.78 is 0. The normalized spacial score (nSPS) is 17.6. The van der Waals surface area contributed by atoms with Crippen LogP contribution in [0, 0.1) is 0 Å². The first-order valence-electron chi connectivity index (χ1n) is 10.4. The lowest BCUT2D eigenvalue weighted by Crippen LogP contribution is -2.53. The van der Waals surface area contributed by atoms with E-state index in [2.05, 4.69) is 31.5 Å². The molecular weight excluding hydrogens is 356 g/mol. The van der Waals surface area contributed by atoms with Crippen molar-refractivity contribution < 1.29 is 9.59 Å². The van der Waals surface area contributed by atoms with Crippen LogP contribution in [0.1, 0.15) is 31.7 Å². The van der Waals surface area contributed by atoms with Crippen molar-refractivity contribution in [3.8, 4) is 0 Å². The third-order valence-electron chi connectivity index (χ3n) is 5.28. The molecule has 0 aliphatic carbocycles. The summed E-state index contributed by atoms with van der Waals surface area (Å²) in [6.07, 6.45) is 5.19. The quantitative estimate of drug-likeness (QED) is 0.729. The summed E-state index contributed by atoms with van der Waals surface area (Å²) in [6, 6.07) is 3.97. The minimum atomic E-state index is -0.0466. The highest BCUT2D eigenvalue weighted by Gasteiger charge is 2.22. The van der Waals surface area contributed by atoms with Gasteiger partial charge in [-0.15, -0.1) is 0 Å². The molecule has 2 aliphatic rings. The fourth-order valence-electron chi connectivity index (χ4n) is 3.61. The van der Waals surface area contributed by atoms with E-state index in [4.69, 9.17) is 0 Å². The van der Waals surface area contributed by atoms with Gasteiger partial charge in [0.05, 0.1) is 6.54 Å². The molecule has 1 aromatic heterocycles. The van der Waals surface area contributed by atoms with Crippen molar-refractivity contribution in [2.24, 2.45) is 0 Å². The Morgan fingerprint density at radius 1 is 1.07 bits per heavy atom. The molecule has 0 bridgehead atoms. The first-order valence-corrected chi connectivity index (χ1v) is 10.4. The van der Waals surface area contributed by atoms with Crippen LogP contribution in [-0.2, 0) is 11.3 Å². The molecule has 8 nitrogen and oxygen atoms in total. The Morgan fingerprint density at radius 3 is 2.54 bits per heavy atom. The van der Waals surface area contributed by atoms with Crippen LogP contribution >= 0.6 is 0 Å². The van der Waals surface area contributed by atoms with Crippen molar-refractivity contribution in [3.63, 3.8) is 0 Å². The second kappa shape index (κ2) is 10.3. The van der Waals surface area contributed by atoms with Gasteiger partial charge in [-0.2, -0.15) is 0 Å². The number of carbonyl (C=O) groups is 2. The van der Waals surface area contributed by atoms with Gasteiger partial charge in [0.2, 0.25) is 5.91 Å². The Balaban J connectivity index is 1.40. The fraction of sp³-hybridized carbons (Fsp3) is 0.650. The van der Waals surface area contributed by atoms with Gasteiger partial charge in [-0.1, -0.05) is 6.92 Å². The maximum atomic E-state index is 12.5. The summed E-state index contributed by atoms with van der Waals surface area (Å²) in [7, 11) is 0. The van der Waals surface area contributed by atoms with E-state index >= 15 is 0 Å². The van der Waals surface area contributed by atoms with E-state index in [-0.39, 0.29) is 11.9 Å². The molecule has 0 saturated carbocycles. The van der Waals surface area contributed by atoms with Crippen molar-refractivity contribution in [1.82, 2.24) is 25.4 Å². The zero-order valence-corrected chi connectivity index (χ0v) is 16.8. The van der Waals surface area contributed by atoms with E-state index in [0.717, 1.165) is 50.5 Å². The SMILES string of the molecule is CCCNC(=O)CN1CCN(C(=O)NCc2ccnc(N3CCCC3)c2)CC1. The molecule has 0 unspecified atom stereocenters. The fourth-order valence-corrected chi connectivity index (χ4v) is 3.61. The molecule has 0 atom stereocenters. The molecule has 1 aromatic rings. The molecule has 2 fully saturated rings. The minimum Gasteiger partial charge on any atom is -0.357 e. The summed E-state index contributed by atoms with van der Waals surface area (Å²) >= 11 is 0. The lowest BCUT2D eigenvalue weighted by Gasteiger charge is -2.34. The summed E-state index contributed by atoms with van der Waals surface area (Å²) in [5.74, 6) is 1.06. The number of aromatic nitrogens is 1. The number of carbonyl (C=O) groups excluding carboxylic acids is 2. The number of pyridine rings is 1. The first-order chi connectivity index (χ1) is 13.7. The van der Waals surface area contributed by atoms with Gasteiger partial charge in [0.1, 0.15) is 5.82 Å². The summed E-state index contributed by atoms with van der Waals surface area (Å²) in [5, 5.41) is 5.91. The van der Waals surface area contributed by atoms with Crippen LogP contribution in [0.5, 0.6) is 0 Å². The van der Waals surface area contributed by atoms with Crippen molar-refractivity contribution in [3.05, 3.63) is 23.9 Å². The van der Waals surface area contributed by atoms with Crippen molar-refractivity contribution in [2.75, 3.05) is 57.3 Å². The van der Waals surface area contributed by atoms with Gasteiger partial charge >= 0.3 is 6.03 Å². The Bertz CT molecular complexity index is 654. The summed E-state index contributed by atoms with van der Waals surface area (Å²) in [4.78, 5) is 35.0. The predicted octanol–water partition coefficient (Wildman–Crippen LogP) is 1.04. The molecule has 28 heavy (non-hydrogen) atoms. The molecule has 0 aromatic carbocycles. The smallest absolute Gasteiger partial charge is 0.317 e. The average molecular weight is 389 g/mol. The molecule has 0 spiro atoms. The minimum absolute atomic E-state index is 0.0466. The van der Waals surface area contributed by atoms with Crippen molar-refractivity contribution in [2.45, 2.75) is 32.7 Å². The van der Waals surface area contributed by atoms with Crippen LogP contribution in [0.2, 0.25) is 0 Å². The number of rotatable bonds is 7. The summed E-state index contributed by atoms with van der Waals surface area (Å²) in [6.45, 7) is 8.51. The molecule has 2 N–H and O–H groups in total. The maximum absolute atomic E-state index is 12.5. The molecule has 8 heteroatoms. The topological polar surface area (TPSA) is 80.8 Å². The zero-order chi connectivity index (χ0) is 19.8. The Labute approximate surface area is 167 Å². The van der Waals surface area contributed by atoms with Gasteiger partial charge in [-0.25, -0.2) is 9.78 Å². The molecule has 154 valence electrons. The van der Waals surface area contributed by atoms with Crippen LogP contribution in [0.15, 0.2) is 18.3 Å². The zero-order valence-electron chi connectivity index (χ0n) is 16.8. The van der Waals surface area contributed by atoms with E-state index in [1.807, 2.05) is 24.1 Å². The number of nitrogens with zero attached hydrogens (tertiary/aromatic N) is 4. The Hall–Kier alpha value is -2.35. The van der Waals surface area contributed by atoms with Gasteiger partial charge in [-0.05, 0) is 37.0 Å². The number of hydrogen-bond donors (Lipinski definition) is 2. The predicted molar refractivity (Wildman–Crippen MR) is 109 cm³/mol. The number of urea groups is 1. The second-order valence-corrected chi connectivity index (χ2v) is 7.49. The molecule has 2 saturated heterocycles. The van der Waals surface area contributed by atoms with Crippen LogP contribution in [-0.4, -0.2) is 79.1 Å². The van der Waals surface area contributed by atoms with Crippen LogP contribution in [0.4, 0.5) is 10.6 Å². The van der Waals surface area contributed by atoms with E-state index in [1.165, 1.54) is 12.8 Å². The number of piperazine rings is 1. The van der Waals surface area contributed by atoms with Crippen molar-refractivity contribution in [1.29, 1.82) is 0 Å². The molecular formula is C20H32N6O2. The molecule has 3 heterocycles. The average Bonchev–Trinajstić information content (AvgIpc) is 3.26. The summed E-state index contributed by atoms with van der Waals surface area (Å²) in [5.41, 5.74) is 1.07. The van der Waals surface area contributed by atoms with E-state index < -0.39 is 0 Å². The van der Waals surface area contributed by atoms with Gasteiger partial charge in [-0.3, -0.25) is 9.69 Å². The number of hydrogen-bond acceptors (Lipinski definition) is 5. The van der Waals surface area contributed by atoms with Gasteiger partial charge < -0.3 is 20.4 Å². The number of amides is 3. The highest BCUT2D eigenvalue weighted by atomic mass is 16.2. The molecule has 2 aliphatic heterocycles. The number of nitrogens with one attached hydrogen (secondary N) is 2. The Kier molecular flexibility index (Phi) is 7.47. The lowest BCUT2D eigenvalue weighted by atomic mass is 10.2. The van der Waals surface area contributed by atoms with Gasteiger partial charge in [0, 0.05) is 58.6 Å². The largest absolute Gasteiger partial charge is 0.357 e. The van der Waals surface area contributed by atoms with E-state index in [0.29, 0.717) is 26.2 Å². The molecule has 0 radical (unpaired) electrons. The third-order valence-corrected chi connectivity index (χ3v) is 5.28. The van der Waals surface area contributed by atoms with E-state index in [1.54, 1.807) is 0 Å². The van der Waals surface area contributed by atoms with Gasteiger partial charge in [0.15, 0.2) is 0 Å². The number of anilines is 1. The van der Waals surface area contributed by atoms with Crippen LogP contribution in [0.25, 0.3) is 0 Å². The molecule has 3 amide bonds. The second-order valence-electron chi connectivity index (χ2n) is 7.49. The van der Waals surface area contributed by atoms with Crippen LogP contribution < -0.4 is 15.5 Å². The molecule has 3 rings (SSSR count). The van der Waals surface area contributed by atoms with Crippen molar-refractivity contribution >= 4 is 17.8 Å². The maximum Gasteiger partial charge on any atom is 0.317 e. The highest BCUT2D eigenvalue weighted by Crippen LogP contribution is 2.18. The van der Waals surface area contributed by atoms with Crippen LogP contribution in [0.3, 0.4) is 0 Å². The monoisotopic (exact) mass is 388 g/mol. The lowest BCUT2D eigenvalue weighted by molar-refractivity contribution is -0.122. The standard InChI is InChI=1S/C20H32N6O2/c1-2-6-22-19(27)16-24-10-12-26(13-11-24)20(28)23-15-17-5-7-21-18(14-17)25-8-3-4-9-25/h5,7,14H,2-4,6,8-13,15-16H2,1H3,(H,22,27)(H,23,28). The first kappa shape index (κ1) is 20.4. The Morgan fingerprint density at radius 2 is 1.82 bits per heavy atom. The highest BCUT2D eigenvalue weighted by molar-refractivity contribution is 5.78. The van der Waals surface area contributed by atoms with E-state index in [9.17, 15) is 9.59 Å². The van der Waals surface area contributed by atoms with Gasteiger partial charge in [0.25, 0.3) is 0 Å².